The molecule has 5 rings (SSSR count). The van der Waals surface area contributed by atoms with Crippen molar-refractivity contribution in [2.24, 2.45) is 23.7 Å². The van der Waals surface area contributed by atoms with Gasteiger partial charge in [-0.15, -0.1) is 0 Å². The van der Waals surface area contributed by atoms with Crippen LogP contribution in [0.4, 0.5) is 13.2 Å². The summed E-state index contributed by atoms with van der Waals surface area (Å²) in [4.78, 5) is 33.0. The standard InChI is InChI=1S/C28H35F3N6O3/c1-15-2-4-17(5-3-15)25(36-27(39)21-14-40-37-24(21)16-6-7-16)22-13-33-23(35-22)9-8-20(32)11-18-10-19(28(29,30)31)12-34-26(18)38/h8-9,13-19,25,32H,2-7,10-12H2,1H3,(H,33,35)(H,34,38)(H,36,39)/b9-8-,32-20?/t15?,17?,18?,19-,25+/m1/s1. The minimum atomic E-state index is -4.38. The van der Waals surface area contributed by atoms with Crippen LogP contribution in [-0.4, -0.2) is 45.4 Å². The predicted molar refractivity (Wildman–Crippen MR) is 140 cm³/mol. The molecule has 2 aromatic heterocycles. The number of hydrogen-bond donors (Lipinski definition) is 4. The molecule has 40 heavy (non-hydrogen) atoms. The maximum atomic E-state index is 13.3. The average molecular weight is 561 g/mol. The van der Waals surface area contributed by atoms with Gasteiger partial charge in [0, 0.05) is 30.5 Å². The van der Waals surface area contributed by atoms with Crippen molar-refractivity contribution in [1.82, 2.24) is 25.8 Å². The number of carbonyl (C=O) groups excluding carboxylic acids is 2. The minimum absolute atomic E-state index is 0.0344. The van der Waals surface area contributed by atoms with E-state index in [2.05, 4.69) is 32.7 Å². The number of hydrogen-bond acceptors (Lipinski definition) is 6. The Morgan fingerprint density at radius 3 is 2.70 bits per heavy atom. The number of halogens is 3. The highest BCUT2D eigenvalue weighted by Gasteiger charge is 2.44. The summed E-state index contributed by atoms with van der Waals surface area (Å²) in [5.41, 5.74) is 1.94. The number of nitrogens with one attached hydrogen (secondary N) is 4. The first-order valence-electron chi connectivity index (χ1n) is 14.0. The number of amides is 2. The predicted octanol–water partition coefficient (Wildman–Crippen LogP) is 5.31. The zero-order valence-electron chi connectivity index (χ0n) is 22.4. The van der Waals surface area contributed by atoms with Gasteiger partial charge in [-0.2, -0.15) is 13.2 Å². The number of rotatable bonds is 9. The summed E-state index contributed by atoms with van der Waals surface area (Å²) in [5.74, 6) is -1.63. The molecule has 1 unspecified atom stereocenters. The monoisotopic (exact) mass is 560 g/mol. The van der Waals surface area contributed by atoms with Crippen molar-refractivity contribution in [2.45, 2.75) is 76.4 Å². The molecule has 2 aromatic rings. The molecule has 9 nitrogen and oxygen atoms in total. The summed E-state index contributed by atoms with van der Waals surface area (Å²) < 4.78 is 44.5. The first-order valence-corrected chi connectivity index (χ1v) is 14.0. The molecule has 1 saturated heterocycles. The first kappa shape index (κ1) is 28.1. The Bertz CT molecular complexity index is 1260. The molecule has 2 amide bonds. The van der Waals surface area contributed by atoms with Gasteiger partial charge in [0.25, 0.3) is 5.91 Å². The van der Waals surface area contributed by atoms with Crippen LogP contribution in [0.1, 0.15) is 97.8 Å². The SMILES string of the molecule is CC1CCC([C@H](NC(=O)c2conc2C2CC2)c2cnc(/C=C\C(=N)CC3C[C@@H](C(F)(F)F)CNC3=O)[nH]2)CC1. The number of piperidine rings is 1. The van der Waals surface area contributed by atoms with Gasteiger partial charge < -0.3 is 25.5 Å². The number of nitrogens with zero attached hydrogens (tertiary/aromatic N) is 2. The molecular weight excluding hydrogens is 525 g/mol. The molecule has 3 atom stereocenters. The molecule has 2 aliphatic carbocycles. The van der Waals surface area contributed by atoms with Crippen LogP contribution in [0.3, 0.4) is 0 Å². The highest BCUT2D eigenvalue weighted by molar-refractivity contribution is 5.98. The smallest absolute Gasteiger partial charge is 0.364 e. The molecule has 2 saturated carbocycles. The van der Waals surface area contributed by atoms with Gasteiger partial charge in [0.05, 0.1) is 29.5 Å². The van der Waals surface area contributed by atoms with E-state index in [-0.39, 0.29) is 42.3 Å². The highest BCUT2D eigenvalue weighted by Crippen LogP contribution is 2.41. The van der Waals surface area contributed by atoms with Gasteiger partial charge in [0.2, 0.25) is 5.91 Å². The van der Waals surface area contributed by atoms with Crippen LogP contribution >= 0.6 is 0 Å². The van der Waals surface area contributed by atoms with E-state index < -0.39 is 30.5 Å². The zero-order valence-corrected chi connectivity index (χ0v) is 22.4. The van der Waals surface area contributed by atoms with Gasteiger partial charge in [-0.1, -0.05) is 24.9 Å². The van der Waals surface area contributed by atoms with Crippen LogP contribution in [0.5, 0.6) is 0 Å². The second kappa shape index (κ2) is 11.6. The Morgan fingerprint density at radius 2 is 2.00 bits per heavy atom. The van der Waals surface area contributed by atoms with E-state index in [1.807, 2.05) is 0 Å². The number of aromatic amines is 1. The lowest BCUT2D eigenvalue weighted by atomic mass is 9.78. The third kappa shape index (κ3) is 6.64. The Hall–Kier alpha value is -3.44. The van der Waals surface area contributed by atoms with Crippen LogP contribution in [0.2, 0.25) is 0 Å². The Labute approximate surface area is 230 Å². The lowest BCUT2D eigenvalue weighted by Crippen LogP contribution is -2.46. The molecule has 1 aliphatic heterocycles. The number of allylic oxidation sites excluding steroid dienone is 1. The molecule has 0 spiro atoms. The van der Waals surface area contributed by atoms with Crippen molar-refractivity contribution in [3.05, 3.63) is 41.3 Å². The number of H-pyrrole nitrogens is 1. The second-order valence-electron chi connectivity index (χ2n) is 11.6. The van der Waals surface area contributed by atoms with E-state index in [4.69, 9.17) is 9.93 Å². The first-order chi connectivity index (χ1) is 19.1. The number of alkyl halides is 3. The fourth-order valence-electron chi connectivity index (χ4n) is 5.79. The molecule has 3 aliphatic rings. The van der Waals surface area contributed by atoms with Crippen LogP contribution < -0.4 is 10.6 Å². The van der Waals surface area contributed by atoms with E-state index in [1.54, 1.807) is 12.3 Å². The fourth-order valence-corrected chi connectivity index (χ4v) is 5.79. The zero-order chi connectivity index (χ0) is 28.4. The van der Waals surface area contributed by atoms with E-state index in [9.17, 15) is 22.8 Å². The van der Waals surface area contributed by atoms with Gasteiger partial charge in [0.1, 0.15) is 17.7 Å². The third-order valence-electron chi connectivity index (χ3n) is 8.41. The molecule has 3 heterocycles. The maximum Gasteiger partial charge on any atom is 0.393 e. The van der Waals surface area contributed by atoms with Gasteiger partial charge in [-0.25, -0.2) is 4.98 Å². The second-order valence-corrected chi connectivity index (χ2v) is 11.6. The normalized spacial score (nSPS) is 26.4. The highest BCUT2D eigenvalue weighted by atomic mass is 19.4. The lowest BCUT2D eigenvalue weighted by molar-refractivity contribution is -0.183. The summed E-state index contributed by atoms with van der Waals surface area (Å²) in [6, 6.07) is -0.304. The summed E-state index contributed by atoms with van der Waals surface area (Å²) in [5, 5.41) is 17.8. The molecule has 0 radical (unpaired) electrons. The molecule has 12 heteroatoms. The molecule has 0 bridgehead atoms. The lowest BCUT2D eigenvalue weighted by Gasteiger charge is -2.32. The number of imidazole rings is 1. The van der Waals surface area contributed by atoms with Crippen molar-refractivity contribution in [2.75, 3.05) is 6.54 Å². The molecule has 4 N–H and O–H groups in total. The van der Waals surface area contributed by atoms with E-state index in [0.29, 0.717) is 23.0 Å². The molecule has 3 fully saturated rings. The topological polar surface area (TPSA) is 137 Å². The Balaban J connectivity index is 1.26. The van der Waals surface area contributed by atoms with Crippen molar-refractivity contribution < 1.29 is 27.3 Å². The maximum absolute atomic E-state index is 13.3. The van der Waals surface area contributed by atoms with Crippen LogP contribution in [0, 0.1) is 29.1 Å². The summed E-state index contributed by atoms with van der Waals surface area (Å²) in [7, 11) is 0. The van der Waals surface area contributed by atoms with Crippen molar-refractivity contribution >= 4 is 23.6 Å². The largest absolute Gasteiger partial charge is 0.393 e. The van der Waals surface area contributed by atoms with Gasteiger partial charge in [-0.3, -0.25) is 9.59 Å². The minimum Gasteiger partial charge on any atom is -0.364 e. The van der Waals surface area contributed by atoms with Crippen LogP contribution in [-0.2, 0) is 4.79 Å². The molecular formula is C28H35F3N6O3. The van der Waals surface area contributed by atoms with Gasteiger partial charge >= 0.3 is 6.18 Å². The van der Waals surface area contributed by atoms with Gasteiger partial charge in [0.15, 0.2) is 0 Å². The van der Waals surface area contributed by atoms with Crippen molar-refractivity contribution in [3.8, 4) is 0 Å². The number of carbonyl (C=O) groups is 2. The number of aromatic nitrogens is 3. The fraction of sp³-hybridized carbons (Fsp3) is 0.607. The van der Waals surface area contributed by atoms with E-state index in [1.165, 1.54) is 12.3 Å². The Kier molecular flexibility index (Phi) is 8.14. The molecule has 216 valence electrons. The van der Waals surface area contributed by atoms with E-state index in [0.717, 1.165) is 44.2 Å². The Morgan fingerprint density at radius 1 is 1.25 bits per heavy atom. The summed E-state index contributed by atoms with van der Waals surface area (Å²) in [6.07, 6.45) is 7.34. The van der Waals surface area contributed by atoms with Crippen LogP contribution in [0.15, 0.2) is 23.1 Å². The molecule has 0 aromatic carbocycles. The van der Waals surface area contributed by atoms with Crippen molar-refractivity contribution in [3.63, 3.8) is 0 Å². The summed E-state index contributed by atoms with van der Waals surface area (Å²) in [6.45, 7) is 1.81. The van der Waals surface area contributed by atoms with E-state index >= 15 is 0 Å². The van der Waals surface area contributed by atoms with Crippen molar-refractivity contribution in [1.29, 1.82) is 5.41 Å². The third-order valence-corrected chi connectivity index (χ3v) is 8.41. The summed E-state index contributed by atoms with van der Waals surface area (Å²) >= 11 is 0. The van der Waals surface area contributed by atoms with Gasteiger partial charge in [-0.05, 0) is 56.1 Å². The quantitative estimate of drug-likeness (QED) is 0.308. The average Bonchev–Trinajstić information content (AvgIpc) is 3.44. The van der Waals surface area contributed by atoms with Crippen LogP contribution in [0.25, 0.3) is 6.08 Å².